The van der Waals surface area contributed by atoms with E-state index in [9.17, 15) is 82.4 Å². The second-order valence-corrected chi connectivity index (χ2v) is 34.5. The highest BCUT2D eigenvalue weighted by Gasteiger charge is 2.43. The second kappa shape index (κ2) is 55.5. The lowest BCUT2D eigenvalue weighted by atomic mass is 9.97. The number of imidazole rings is 1. The number of benzene rings is 2. The number of phenolic OH excluding ortho intramolecular Hbond substituents is 1. The summed E-state index contributed by atoms with van der Waals surface area (Å²) in [4.78, 5) is 238. The number of hydrogen-bond donors (Lipinski definition) is 28. The Morgan fingerprint density at radius 2 is 1.19 bits per heavy atom. The number of fused-ring (bicyclic) bond motifs is 1. The zero-order valence-electron chi connectivity index (χ0n) is 70.8. The van der Waals surface area contributed by atoms with Gasteiger partial charge in [-0.2, -0.15) is 23.5 Å². The fourth-order valence-corrected chi connectivity index (χ4v) is 16.3. The van der Waals surface area contributed by atoms with Gasteiger partial charge in [-0.3, -0.25) is 92.9 Å². The van der Waals surface area contributed by atoms with Crippen molar-refractivity contribution in [3.63, 3.8) is 0 Å². The number of carboxylic acid groups (broad SMARTS) is 1. The first-order chi connectivity index (χ1) is 60.4. The molecule has 15 amide bonds. The van der Waals surface area contributed by atoms with Crippen LogP contribution in [0.2, 0.25) is 0 Å². The van der Waals surface area contributed by atoms with E-state index in [1.165, 1.54) is 67.2 Å². The van der Waals surface area contributed by atoms with Gasteiger partial charge in [0.2, 0.25) is 88.6 Å². The number of carbonyl (C=O) groups is 16. The molecule has 3 aromatic rings. The standard InChI is InChI=1S/C77H119N27O19S4/c1-5-40(2)61-74(123)100-54(36-105)70(119)102-56(72(121)97-51(28-42-15-17-45(106)18-16-42)67(116)93-47(62(79)111)13-9-22-87-75(80)81)38-127-126-37-55(101-63(112)46(78)20-25-124-3)71(120)98-52(30-44-32-86-39-92-44)68(117)96-50(27-41-11-7-6-8-12-41)64(113)91-33-58(107)90-34-59(108)104-35-43(19-24-89-77(84)85)29-57(104)73(122)95-49(21-26-125-4)65(114)99-53(31-60(109)110)69(118)94-48(66(115)103-61)14-10-23-88-76(82)83/h6-8,11-12,15-18,32,39-40,43,46-57,61,105-106H,5,9-10,13-14,19-31,33-38,78H2,1-4H3,(H2,79,111)(H,86,92)(H,90,107)(H,91,113)(H,93,116)(H,94,118)(H,95,122)(H,96,117)(H,97,121)(H,98,120)(H,99,114)(H,100,123)(H,101,112)(H,102,119)(H,103,115)(H,109,110)(H4,80,81,87)(H4,82,83,88)(H4,84,85,89)/t40-,43-,46-,47-,48-,49-,50-,51-,52-,53-,54-,55-,56-,57-,61-/m0/s1. The molecule has 0 bridgehead atoms. The summed E-state index contributed by atoms with van der Waals surface area (Å²) in [5.41, 5.74) is 29.7. The number of thioether (sulfide) groups is 2. The maximum atomic E-state index is 15.2. The molecule has 3 heterocycles. The van der Waals surface area contributed by atoms with Gasteiger partial charge in [-0.1, -0.05) is 84.3 Å². The van der Waals surface area contributed by atoms with Crippen molar-refractivity contribution in [2.75, 3.05) is 81.4 Å². The van der Waals surface area contributed by atoms with E-state index in [-0.39, 0.29) is 132 Å². The van der Waals surface area contributed by atoms with Crippen LogP contribution in [0.25, 0.3) is 0 Å². The van der Waals surface area contributed by atoms with E-state index >= 15 is 9.59 Å². The molecule has 1 aromatic heterocycles. The van der Waals surface area contributed by atoms with Gasteiger partial charge in [-0.05, 0) is 110 Å². The number of aromatic amines is 1. The maximum Gasteiger partial charge on any atom is 0.305 e. The van der Waals surface area contributed by atoms with Crippen molar-refractivity contribution in [1.29, 1.82) is 16.2 Å². The van der Waals surface area contributed by atoms with Crippen LogP contribution in [0.5, 0.6) is 5.75 Å². The summed E-state index contributed by atoms with van der Waals surface area (Å²) in [7, 11) is 1.60. The average molecular weight is 1860 g/mol. The lowest BCUT2D eigenvalue weighted by Gasteiger charge is -2.29. The number of primary amides is 1. The number of aromatic nitrogens is 2. The minimum absolute atomic E-state index is 0.0421. The number of phenols is 1. The van der Waals surface area contributed by atoms with Crippen molar-refractivity contribution in [2.45, 2.75) is 176 Å². The summed E-state index contributed by atoms with van der Waals surface area (Å²) in [5.74, 6) is -20.2. The van der Waals surface area contributed by atoms with Crippen LogP contribution in [0.1, 0.15) is 94.9 Å². The van der Waals surface area contributed by atoms with Crippen molar-refractivity contribution in [2.24, 2.45) is 40.5 Å². The van der Waals surface area contributed by atoms with Crippen LogP contribution >= 0.6 is 45.1 Å². The van der Waals surface area contributed by atoms with E-state index in [2.05, 4.69) is 95.0 Å². The van der Waals surface area contributed by atoms with E-state index in [0.717, 1.165) is 26.5 Å². The minimum Gasteiger partial charge on any atom is -0.508 e. The lowest BCUT2D eigenvalue weighted by molar-refractivity contribution is -0.142. The molecule has 2 aliphatic rings. The molecule has 0 saturated carbocycles. The number of nitrogens with zero attached hydrogens (tertiary/aromatic N) is 2. The van der Waals surface area contributed by atoms with Crippen molar-refractivity contribution < 1.29 is 92.0 Å². The SMILES string of the molecule is CC[C@H](C)[C@@H]1NC(=O)[C@H](CCCNC(=N)N)NC(=O)[C@H](CC(=O)O)NC(=O)[C@H](CCSC)NC(=O)[C@@H]2C[C@H](CCNC(=N)N)CN2C(=O)CNC(=O)CNC(=O)[C@H](Cc2ccccc2)NC(=O)[C@H](Cc2c[nH]cn2)NC(=O)[C@@H](NC(=O)[C@@H](N)CCSC)CSSC[C@@H](C(=O)N[C@@H](Cc2ccc(O)cc2)C(=O)N[C@@H](CCCNC(=N)N)C(N)=O)NC(=O)[C@H](CO)NC1=O. The number of nitrogens with one attached hydrogen (secondary N) is 20. The van der Waals surface area contributed by atoms with Crippen LogP contribution in [-0.2, 0) is 96.0 Å². The molecule has 0 aliphatic carbocycles. The van der Waals surface area contributed by atoms with E-state index in [4.69, 9.17) is 44.9 Å². The molecule has 2 aromatic carbocycles. The van der Waals surface area contributed by atoms with Gasteiger partial charge in [0.05, 0.1) is 44.2 Å². The molecule has 0 spiro atoms. The molecule has 33 N–H and O–H groups in total. The summed E-state index contributed by atoms with van der Waals surface area (Å²) in [6, 6.07) is -7.44. The fourth-order valence-electron chi connectivity index (χ4n) is 13.0. The molecule has 127 heavy (non-hydrogen) atoms. The number of aromatic hydroxyl groups is 1. The van der Waals surface area contributed by atoms with Crippen LogP contribution in [0, 0.1) is 28.1 Å². The molecule has 46 nitrogen and oxygen atoms in total. The van der Waals surface area contributed by atoms with Crippen molar-refractivity contribution >= 4 is 158 Å². The molecule has 0 unspecified atom stereocenters. The number of guanidine groups is 3. The fraction of sp³-hybridized carbons (Fsp3) is 0.558. The minimum atomic E-state index is -2.01. The van der Waals surface area contributed by atoms with Gasteiger partial charge < -0.3 is 139 Å². The van der Waals surface area contributed by atoms with Crippen molar-refractivity contribution in [3.05, 3.63) is 83.9 Å². The summed E-state index contributed by atoms with van der Waals surface area (Å²) >= 11 is 2.61. The van der Waals surface area contributed by atoms with Gasteiger partial charge in [-0.25, -0.2) is 4.98 Å². The molecule has 2 saturated heterocycles. The number of nitrogens with two attached hydrogens (primary N) is 5. The highest BCUT2D eigenvalue weighted by Crippen LogP contribution is 2.28. The van der Waals surface area contributed by atoms with Gasteiger partial charge in [0, 0.05) is 63.1 Å². The Kier molecular flexibility index (Phi) is 46.2. The van der Waals surface area contributed by atoms with Crippen molar-refractivity contribution in [1.82, 2.24) is 99.9 Å². The number of rotatable bonds is 35. The Morgan fingerprint density at radius 1 is 0.606 bits per heavy atom. The Morgan fingerprint density at radius 3 is 1.82 bits per heavy atom. The third-order valence-corrected chi connectivity index (χ3v) is 23.9. The average Bonchev–Trinajstić information content (AvgIpc) is 1.61. The Bertz CT molecular complexity index is 4250. The predicted molar refractivity (Wildman–Crippen MR) is 475 cm³/mol. The van der Waals surface area contributed by atoms with Crippen LogP contribution in [0.3, 0.4) is 0 Å². The third kappa shape index (κ3) is 38.1. The van der Waals surface area contributed by atoms with E-state index in [0.29, 0.717) is 16.9 Å². The topological polar surface area (TPSA) is 760 Å². The van der Waals surface area contributed by atoms with Gasteiger partial charge in [0.25, 0.3) is 0 Å². The van der Waals surface area contributed by atoms with Gasteiger partial charge >= 0.3 is 5.97 Å². The summed E-state index contributed by atoms with van der Waals surface area (Å²) in [6.45, 7) is 0.349. The molecular formula is C77H119N27O19S4. The first-order valence-corrected chi connectivity index (χ1v) is 46.0. The molecule has 700 valence electrons. The lowest BCUT2D eigenvalue weighted by Crippen LogP contribution is -2.62. The highest BCUT2D eigenvalue weighted by molar-refractivity contribution is 8.76. The molecule has 2 fully saturated rings. The number of aliphatic hydroxyl groups excluding tert-OH is 1. The van der Waals surface area contributed by atoms with Crippen LogP contribution in [-0.4, -0.2) is 303 Å². The van der Waals surface area contributed by atoms with Crippen LogP contribution in [0.4, 0.5) is 0 Å². The molecule has 50 heteroatoms. The number of aliphatic hydroxyl groups is 1. The largest absolute Gasteiger partial charge is 0.508 e. The molecule has 5 rings (SSSR count). The Hall–Kier alpha value is -11.9. The van der Waals surface area contributed by atoms with Crippen LogP contribution in [0.15, 0.2) is 67.1 Å². The Labute approximate surface area is 749 Å². The molecular weight excluding hydrogens is 1740 g/mol. The van der Waals surface area contributed by atoms with E-state index in [1.807, 2.05) is 0 Å². The summed E-state index contributed by atoms with van der Waals surface area (Å²) in [5, 5.41) is 95.1. The molecule has 0 radical (unpaired) electrons. The number of hydrogen-bond acceptors (Lipinski definition) is 27. The number of H-pyrrole nitrogens is 1. The normalized spacial score (nSPS) is 22.6. The first kappa shape index (κ1) is 106. The Balaban J connectivity index is 1.67. The van der Waals surface area contributed by atoms with Crippen LogP contribution < -0.4 is 114 Å². The van der Waals surface area contributed by atoms with Gasteiger partial charge in [0.1, 0.15) is 78.3 Å². The molecule has 2 aliphatic heterocycles. The van der Waals surface area contributed by atoms with E-state index in [1.54, 1.807) is 49.8 Å². The third-order valence-electron chi connectivity index (χ3n) is 20.2. The van der Waals surface area contributed by atoms with Crippen molar-refractivity contribution in [3.8, 4) is 5.75 Å². The first-order valence-electron chi connectivity index (χ1n) is 40.8. The number of aliphatic carboxylic acids is 1. The highest BCUT2D eigenvalue weighted by atomic mass is 33.1. The number of amides is 15. The zero-order valence-corrected chi connectivity index (χ0v) is 74.0. The predicted octanol–water partition coefficient (Wildman–Crippen LogP) is -7.45. The smallest absolute Gasteiger partial charge is 0.305 e. The van der Waals surface area contributed by atoms with Gasteiger partial charge in [-0.15, -0.1) is 0 Å². The zero-order chi connectivity index (χ0) is 93.8. The summed E-state index contributed by atoms with van der Waals surface area (Å²) < 4.78 is 0. The second-order valence-electron chi connectivity index (χ2n) is 30.0. The molecule has 15 atom stereocenters. The maximum absolute atomic E-state index is 15.2. The number of carboxylic acids is 1. The van der Waals surface area contributed by atoms with E-state index < -0.39 is 229 Å². The quantitative estimate of drug-likeness (QED) is 0.0113. The number of carbonyl (C=O) groups excluding carboxylic acids is 15. The van der Waals surface area contributed by atoms with Gasteiger partial charge in [0.15, 0.2) is 17.9 Å². The summed E-state index contributed by atoms with van der Waals surface area (Å²) in [6.07, 6.45) is 4.01. The monoisotopic (exact) mass is 1850 g/mol.